The molecular weight excluding hydrogens is 328 g/mol. The number of carbonyl (C=O) groups excluding carboxylic acids is 1. The van der Waals surface area contributed by atoms with Gasteiger partial charge in [-0.15, -0.1) is 0 Å². The first-order chi connectivity index (χ1) is 11.2. The summed E-state index contributed by atoms with van der Waals surface area (Å²) >= 11 is 2.93. The summed E-state index contributed by atoms with van der Waals surface area (Å²) in [4.78, 5) is 16.3. The molecule has 1 atom stereocenters. The average molecular weight is 344 g/mol. The van der Waals surface area contributed by atoms with E-state index in [1.54, 1.807) is 6.20 Å². The highest BCUT2D eigenvalue weighted by Gasteiger charge is 2.11. The molecular formula is C17H16N2O2S2. The van der Waals surface area contributed by atoms with Crippen molar-refractivity contribution in [1.29, 1.82) is 0 Å². The van der Waals surface area contributed by atoms with Gasteiger partial charge >= 0.3 is 0 Å². The number of benzene rings is 1. The standard InChI is InChI=1S/C17H16N2O2S2/c20-15(13-6-8-22-10-13)9-19-16(21)11-23-17-14-4-2-1-3-12(14)5-7-18-17/h1-8,10,15,20H,9,11H2,(H,19,21). The number of fused-ring (bicyclic) bond motifs is 1. The van der Waals surface area contributed by atoms with Gasteiger partial charge in [-0.25, -0.2) is 4.98 Å². The van der Waals surface area contributed by atoms with Crippen molar-refractivity contribution in [1.82, 2.24) is 10.3 Å². The summed E-state index contributed by atoms with van der Waals surface area (Å²) in [5.41, 5.74) is 0.832. The SMILES string of the molecule is O=C(CSc1nccc2ccccc12)NCC(O)c1ccsc1. The van der Waals surface area contributed by atoms with E-state index in [4.69, 9.17) is 0 Å². The number of nitrogens with one attached hydrogen (secondary N) is 1. The topological polar surface area (TPSA) is 62.2 Å². The monoisotopic (exact) mass is 344 g/mol. The van der Waals surface area contributed by atoms with Crippen LogP contribution in [0.5, 0.6) is 0 Å². The molecule has 3 aromatic rings. The zero-order valence-corrected chi connectivity index (χ0v) is 13.9. The molecule has 0 fully saturated rings. The number of carbonyl (C=O) groups is 1. The van der Waals surface area contributed by atoms with Gasteiger partial charge in [-0.1, -0.05) is 36.0 Å². The second-order valence-corrected chi connectivity index (χ2v) is 6.75. The van der Waals surface area contributed by atoms with Crippen LogP contribution in [0.15, 0.2) is 58.4 Å². The van der Waals surface area contributed by atoms with Gasteiger partial charge in [0.05, 0.1) is 11.9 Å². The third-order valence-corrected chi connectivity index (χ3v) is 5.10. The predicted octanol–water partition coefficient (Wildman–Crippen LogP) is 3.24. The Morgan fingerprint density at radius 1 is 1.30 bits per heavy atom. The summed E-state index contributed by atoms with van der Waals surface area (Å²) in [5.74, 6) is 0.163. The number of rotatable bonds is 6. The molecule has 0 saturated heterocycles. The van der Waals surface area contributed by atoms with Crippen LogP contribution >= 0.6 is 23.1 Å². The number of thioether (sulfide) groups is 1. The van der Waals surface area contributed by atoms with Gasteiger partial charge in [-0.2, -0.15) is 11.3 Å². The highest BCUT2D eigenvalue weighted by molar-refractivity contribution is 8.00. The van der Waals surface area contributed by atoms with Crippen LogP contribution in [0.25, 0.3) is 10.8 Å². The fourth-order valence-corrected chi connectivity index (χ4v) is 3.74. The molecule has 2 aromatic heterocycles. The smallest absolute Gasteiger partial charge is 0.230 e. The molecule has 0 radical (unpaired) electrons. The van der Waals surface area contributed by atoms with E-state index in [1.807, 2.05) is 47.2 Å². The summed E-state index contributed by atoms with van der Waals surface area (Å²) in [6.45, 7) is 0.221. The second-order valence-electron chi connectivity index (χ2n) is 5.00. The van der Waals surface area contributed by atoms with Crippen molar-refractivity contribution >= 4 is 39.8 Å². The van der Waals surface area contributed by atoms with E-state index in [9.17, 15) is 9.90 Å². The molecule has 0 aliphatic carbocycles. The van der Waals surface area contributed by atoms with Crippen LogP contribution in [-0.4, -0.2) is 28.3 Å². The highest BCUT2D eigenvalue weighted by atomic mass is 32.2. The molecule has 23 heavy (non-hydrogen) atoms. The number of aliphatic hydroxyl groups is 1. The highest BCUT2D eigenvalue weighted by Crippen LogP contribution is 2.25. The van der Waals surface area contributed by atoms with E-state index in [1.165, 1.54) is 23.1 Å². The lowest BCUT2D eigenvalue weighted by molar-refractivity contribution is -0.119. The third-order valence-electron chi connectivity index (χ3n) is 3.40. The zero-order valence-electron chi connectivity index (χ0n) is 12.3. The predicted molar refractivity (Wildman–Crippen MR) is 94.8 cm³/mol. The Labute approximate surface area is 142 Å². The summed E-state index contributed by atoms with van der Waals surface area (Å²) in [7, 11) is 0. The number of thiophene rings is 1. The van der Waals surface area contributed by atoms with Crippen molar-refractivity contribution in [2.75, 3.05) is 12.3 Å². The quantitative estimate of drug-likeness (QED) is 0.674. The molecule has 0 aliphatic rings. The van der Waals surface area contributed by atoms with Gasteiger partial charge < -0.3 is 10.4 Å². The molecule has 0 saturated carbocycles. The summed E-state index contributed by atoms with van der Waals surface area (Å²) in [6, 6.07) is 11.8. The van der Waals surface area contributed by atoms with Crippen LogP contribution in [0.1, 0.15) is 11.7 Å². The first-order valence-corrected chi connectivity index (χ1v) is 9.10. The first-order valence-electron chi connectivity index (χ1n) is 7.17. The van der Waals surface area contributed by atoms with E-state index in [0.29, 0.717) is 0 Å². The first kappa shape index (κ1) is 16.0. The average Bonchev–Trinajstić information content (AvgIpc) is 3.12. The molecule has 0 aliphatic heterocycles. The minimum Gasteiger partial charge on any atom is -0.387 e. The Morgan fingerprint density at radius 2 is 2.17 bits per heavy atom. The Bertz CT molecular complexity index is 785. The van der Waals surface area contributed by atoms with Gasteiger partial charge in [0, 0.05) is 18.1 Å². The van der Waals surface area contributed by atoms with Crippen LogP contribution in [-0.2, 0) is 4.79 Å². The molecule has 118 valence electrons. The van der Waals surface area contributed by atoms with E-state index in [0.717, 1.165) is 21.4 Å². The fourth-order valence-electron chi connectivity index (χ4n) is 2.18. The minimum atomic E-state index is -0.661. The van der Waals surface area contributed by atoms with Gasteiger partial charge in [-0.05, 0) is 33.8 Å². The van der Waals surface area contributed by atoms with Gasteiger partial charge in [0.2, 0.25) is 5.91 Å². The van der Waals surface area contributed by atoms with Crippen LogP contribution < -0.4 is 5.32 Å². The molecule has 1 unspecified atom stereocenters. The normalized spacial score (nSPS) is 12.2. The molecule has 1 aromatic carbocycles. The van der Waals surface area contributed by atoms with Crippen LogP contribution in [0.3, 0.4) is 0 Å². The van der Waals surface area contributed by atoms with Crippen molar-refractivity contribution in [3.8, 4) is 0 Å². The van der Waals surface area contributed by atoms with E-state index in [2.05, 4.69) is 10.3 Å². The number of nitrogens with zero attached hydrogens (tertiary/aromatic N) is 1. The van der Waals surface area contributed by atoms with Crippen LogP contribution in [0.4, 0.5) is 0 Å². The number of hydrogen-bond donors (Lipinski definition) is 2. The Kier molecular flexibility index (Phi) is 5.27. The van der Waals surface area contributed by atoms with Crippen molar-refractivity contribution in [2.45, 2.75) is 11.1 Å². The summed E-state index contributed by atoms with van der Waals surface area (Å²) in [5, 5.41) is 19.5. The second kappa shape index (κ2) is 7.59. The maximum Gasteiger partial charge on any atom is 0.230 e. The van der Waals surface area contributed by atoms with Crippen LogP contribution in [0.2, 0.25) is 0 Å². The zero-order chi connectivity index (χ0) is 16.1. The maximum atomic E-state index is 12.0. The molecule has 3 rings (SSSR count). The molecule has 0 spiro atoms. The van der Waals surface area contributed by atoms with Gasteiger partial charge in [-0.3, -0.25) is 4.79 Å². The van der Waals surface area contributed by atoms with Gasteiger partial charge in [0.25, 0.3) is 0 Å². The van der Waals surface area contributed by atoms with E-state index >= 15 is 0 Å². The molecule has 6 heteroatoms. The lowest BCUT2D eigenvalue weighted by atomic mass is 10.2. The minimum absolute atomic E-state index is 0.112. The van der Waals surface area contributed by atoms with Crippen molar-refractivity contribution < 1.29 is 9.90 Å². The Balaban J connectivity index is 1.54. The lowest BCUT2D eigenvalue weighted by Gasteiger charge is -2.10. The number of amides is 1. The molecule has 1 amide bonds. The Hall–Kier alpha value is -1.89. The molecule has 2 N–H and O–H groups in total. The summed E-state index contributed by atoms with van der Waals surface area (Å²) < 4.78 is 0. The molecule has 0 bridgehead atoms. The van der Waals surface area contributed by atoms with E-state index in [-0.39, 0.29) is 18.2 Å². The Morgan fingerprint density at radius 3 is 3.00 bits per heavy atom. The lowest BCUT2D eigenvalue weighted by Crippen LogP contribution is -2.29. The number of aliphatic hydroxyl groups excluding tert-OH is 1. The van der Waals surface area contributed by atoms with Gasteiger partial charge in [0.15, 0.2) is 0 Å². The van der Waals surface area contributed by atoms with E-state index < -0.39 is 6.10 Å². The fraction of sp³-hybridized carbons (Fsp3) is 0.176. The maximum absolute atomic E-state index is 12.0. The number of aromatic nitrogens is 1. The number of pyridine rings is 1. The third kappa shape index (κ3) is 4.10. The van der Waals surface area contributed by atoms with Gasteiger partial charge in [0.1, 0.15) is 5.03 Å². The largest absolute Gasteiger partial charge is 0.387 e. The van der Waals surface area contributed by atoms with Crippen molar-refractivity contribution in [2.24, 2.45) is 0 Å². The van der Waals surface area contributed by atoms with Crippen LogP contribution in [0, 0.1) is 0 Å². The number of hydrogen-bond acceptors (Lipinski definition) is 5. The van der Waals surface area contributed by atoms with Crippen molar-refractivity contribution in [3.63, 3.8) is 0 Å². The molecule has 2 heterocycles. The summed E-state index contributed by atoms with van der Waals surface area (Å²) in [6.07, 6.45) is 1.09. The molecule has 4 nitrogen and oxygen atoms in total. The van der Waals surface area contributed by atoms with Crippen molar-refractivity contribution in [3.05, 3.63) is 58.9 Å².